The SMILES string of the molecule is Cc1ccc(Cl)c(NC(=O)CN2CCN(Cc3ccsc3)CC2)c1Cl. The molecule has 25 heavy (non-hydrogen) atoms. The molecule has 0 bridgehead atoms. The summed E-state index contributed by atoms with van der Waals surface area (Å²) in [4.78, 5) is 16.9. The fourth-order valence-electron chi connectivity index (χ4n) is 2.90. The molecule has 7 heteroatoms. The van der Waals surface area contributed by atoms with Gasteiger partial charge in [-0.2, -0.15) is 11.3 Å². The van der Waals surface area contributed by atoms with Gasteiger partial charge in [-0.1, -0.05) is 29.3 Å². The number of amides is 1. The third-order valence-electron chi connectivity index (χ3n) is 4.37. The second kappa shape index (κ2) is 8.52. The third-order valence-corrected chi connectivity index (χ3v) is 5.90. The zero-order chi connectivity index (χ0) is 17.8. The van der Waals surface area contributed by atoms with E-state index in [4.69, 9.17) is 23.2 Å². The summed E-state index contributed by atoms with van der Waals surface area (Å²) in [7, 11) is 0. The van der Waals surface area contributed by atoms with Crippen molar-refractivity contribution in [2.75, 3.05) is 38.0 Å². The minimum Gasteiger partial charge on any atom is -0.322 e. The number of carbonyl (C=O) groups excluding carboxylic acids is 1. The van der Waals surface area contributed by atoms with Crippen molar-refractivity contribution in [2.24, 2.45) is 0 Å². The molecule has 0 aliphatic carbocycles. The predicted octanol–water partition coefficient (Wildman–Crippen LogP) is 4.12. The van der Waals surface area contributed by atoms with Gasteiger partial charge < -0.3 is 5.32 Å². The highest BCUT2D eigenvalue weighted by Crippen LogP contribution is 2.32. The molecule has 2 heterocycles. The molecule has 0 atom stereocenters. The summed E-state index contributed by atoms with van der Waals surface area (Å²) in [6, 6.07) is 5.76. The van der Waals surface area contributed by atoms with E-state index in [1.807, 2.05) is 13.0 Å². The van der Waals surface area contributed by atoms with Gasteiger partial charge in [0, 0.05) is 32.7 Å². The highest BCUT2D eigenvalue weighted by atomic mass is 35.5. The summed E-state index contributed by atoms with van der Waals surface area (Å²) in [5, 5.41) is 8.12. The van der Waals surface area contributed by atoms with Gasteiger partial charge in [0.15, 0.2) is 0 Å². The van der Waals surface area contributed by atoms with Crippen molar-refractivity contribution < 1.29 is 4.79 Å². The Labute approximate surface area is 162 Å². The summed E-state index contributed by atoms with van der Waals surface area (Å²) < 4.78 is 0. The van der Waals surface area contributed by atoms with Gasteiger partial charge in [-0.3, -0.25) is 14.6 Å². The van der Waals surface area contributed by atoms with E-state index in [1.165, 1.54) is 5.56 Å². The minimum absolute atomic E-state index is 0.0827. The monoisotopic (exact) mass is 397 g/mol. The number of benzene rings is 1. The molecule has 1 N–H and O–H groups in total. The molecule has 0 radical (unpaired) electrons. The molecule has 1 fully saturated rings. The van der Waals surface area contributed by atoms with Gasteiger partial charge in [-0.05, 0) is 40.9 Å². The summed E-state index contributed by atoms with van der Waals surface area (Å²) >= 11 is 14.1. The van der Waals surface area contributed by atoms with Crippen LogP contribution in [0.5, 0.6) is 0 Å². The molecule has 1 aromatic carbocycles. The van der Waals surface area contributed by atoms with Gasteiger partial charge in [-0.15, -0.1) is 0 Å². The van der Waals surface area contributed by atoms with Crippen LogP contribution < -0.4 is 5.32 Å². The molecular weight excluding hydrogens is 377 g/mol. The third kappa shape index (κ3) is 4.96. The molecule has 0 unspecified atom stereocenters. The highest BCUT2D eigenvalue weighted by molar-refractivity contribution is 7.07. The van der Waals surface area contributed by atoms with Crippen LogP contribution in [0.25, 0.3) is 0 Å². The Morgan fingerprint density at radius 2 is 1.88 bits per heavy atom. The van der Waals surface area contributed by atoms with Crippen LogP contribution in [-0.2, 0) is 11.3 Å². The molecule has 134 valence electrons. The zero-order valence-corrected chi connectivity index (χ0v) is 16.4. The van der Waals surface area contributed by atoms with Gasteiger partial charge in [0.05, 0.1) is 22.3 Å². The molecule has 0 spiro atoms. The van der Waals surface area contributed by atoms with Crippen LogP contribution in [0.2, 0.25) is 10.0 Å². The normalized spacial score (nSPS) is 16.1. The number of carbonyl (C=O) groups is 1. The molecular formula is C18H21Cl2N3OS. The van der Waals surface area contributed by atoms with E-state index in [-0.39, 0.29) is 5.91 Å². The minimum atomic E-state index is -0.0827. The molecule has 1 aliphatic heterocycles. The van der Waals surface area contributed by atoms with Crippen molar-refractivity contribution >= 4 is 46.1 Å². The molecule has 2 aromatic rings. The number of hydrogen-bond donors (Lipinski definition) is 1. The van der Waals surface area contributed by atoms with Crippen LogP contribution >= 0.6 is 34.5 Å². The number of nitrogens with one attached hydrogen (secondary N) is 1. The number of anilines is 1. The maximum Gasteiger partial charge on any atom is 0.238 e. The van der Waals surface area contributed by atoms with Crippen LogP contribution in [0.4, 0.5) is 5.69 Å². The first kappa shape index (κ1) is 18.7. The number of aryl methyl sites for hydroxylation is 1. The number of thiophene rings is 1. The van der Waals surface area contributed by atoms with Gasteiger partial charge >= 0.3 is 0 Å². The number of hydrogen-bond acceptors (Lipinski definition) is 4. The average Bonchev–Trinajstić information content (AvgIpc) is 3.10. The maximum atomic E-state index is 12.4. The lowest BCUT2D eigenvalue weighted by Gasteiger charge is -2.34. The topological polar surface area (TPSA) is 35.6 Å². The summed E-state index contributed by atoms with van der Waals surface area (Å²) in [6.07, 6.45) is 0. The second-order valence-electron chi connectivity index (χ2n) is 6.29. The largest absolute Gasteiger partial charge is 0.322 e. The van der Waals surface area contributed by atoms with Crippen LogP contribution in [0.15, 0.2) is 29.0 Å². The van der Waals surface area contributed by atoms with Crippen molar-refractivity contribution in [1.29, 1.82) is 0 Å². The van der Waals surface area contributed by atoms with Crippen LogP contribution in [-0.4, -0.2) is 48.4 Å². The van der Waals surface area contributed by atoms with E-state index < -0.39 is 0 Å². The molecule has 1 amide bonds. The lowest BCUT2D eigenvalue weighted by Crippen LogP contribution is -2.48. The summed E-state index contributed by atoms with van der Waals surface area (Å²) in [5.74, 6) is -0.0827. The second-order valence-corrected chi connectivity index (χ2v) is 7.85. The van der Waals surface area contributed by atoms with Crippen LogP contribution in [0.1, 0.15) is 11.1 Å². The number of rotatable bonds is 5. The Balaban J connectivity index is 1.49. The van der Waals surface area contributed by atoms with Crippen molar-refractivity contribution in [1.82, 2.24) is 9.80 Å². The Morgan fingerprint density at radius 3 is 2.56 bits per heavy atom. The fraction of sp³-hybridized carbons (Fsp3) is 0.389. The van der Waals surface area contributed by atoms with Gasteiger partial charge in [0.2, 0.25) is 5.91 Å². The predicted molar refractivity (Wildman–Crippen MR) is 106 cm³/mol. The summed E-state index contributed by atoms with van der Waals surface area (Å²) in [5.41, 5.74) is 2.76. The first-order valence-electron chi connectivity index (χ1n) is 8.23. The maximum absolute atomic E-state index is 12.4. The molecule has 1 saturated heterocycles. The lowest BCUT2D eigenvalue weighted by molar-refractivity contribution is -0.117. The fourth-order valence-corrected chi connectivity index (χ4v) is 4.02. The van der Waals surface area contributed by atoms with E-state index in [0.29, 0.717) is 22.3 Å². The smallest absolute Gasteiger partial charge is 0.238 e. The Kier molecular flexibility index (Phi) is 6.36. The van der Waals surface area contributed by atoms with Gasteiger partial charge in [-0.25, -0.2) is 0 Å². The molecule has 4 nitrogen and oxygen atoms in total. The lowest BCUT2D eigenvalue weighted by atomic mass is 10.2. The van der Waals surface area contributed by atoms with Crippen molar-refractivity contribution in [3.8, 4) is 0 Å². The van der Waals surface area contributed by atoms with Crippen molar-refractivity contribution in [3.05, 3.63) is 50.1 Å². The number of halogens is 2. The first-order chi connectivity index (χ1) is 12.0. The van der Waals surface area contributed by atoms with Crippen LogP contribution in [0.3, 0.4) is 0 Å². The van der Waals surface area contributed by atoms with E-state index in [1.54, 1.807) is 17.4 Å². The Hall–Kier alpha value is -1.11. The summed E-state index contributed by atoms with van der Waals surface area (Å²) in [6.45, 7) is 6.93. The van der Waals surface area contributed by atoms with Crippen molar-refractivity contribution in [2.45, 2.75) is 13.5 Å². The quantitative estimate of drug-likeness (QED) is 0.823. The van der Waals surface area contributed by atoms with Gasteiger partial charge in [0.25, 0.3) is 0 Å². The molecule has 1 aromatic heterocycles. The zero-order valence-electron chi connectivity index (χ0n) is 14.1. The van der Waals surface area contributed by atoms with E-state index in [0.717, 1.165) is 38.3 Å². The molecule has 0 saturated carbocycles. The van der Waals surface area contributed by atoms with Gasteiger partial charge in [0.1, 0.15) is 0 Å². The molecule has 3 rings (SSSR count). The highest BCUT2D eigenvalue weighted by Gasteiger charge is 2.20. The van der Waals surface area contributed by atoms with E-state index in [2.05, 4.69) is 31.9 Å². The Bertz CT molecular complexity index is 728. The standard InChI is InChI=1S/C18H21Cl2N3OS/c1-13-2-3-15(19)18(17(13)20)21-16(24)11-23-7-5-22(6-8-23)10-14-4-9-25-12-14/h2-4,9,12H,5-8,10-11H2,1H3,(H,21,24). The van der Waals surface area contributed by atoms with E-state index >= 15 is 0 Å². The van der Waals surface area contributed by atoms with E-state index in [9.17, 15) is 4.79 Å². The number of nitrogens with zero attached hydrogens (tertiary/aromatic N) is 2. The number of piperazine rings is 1. The Morgan fingerprint density at radius 1 is 1.16 bits per heavy atom. The first-order valence-corrected chi connectivity index (χ1v) is 9.93. The van der Waals surface area contributed by atoms with Crippen molar-refractivity contribution in [3.63, 3.8) is 0 Å². The average molecular weight is 398 g/mol. The molecule has 1 aliphatic rings. The van der Waals surface area contributed by atoms with Crippen LogP contribution in [0, 0.1) is 6.92 Å².